The summed E-state index contributed by atoms with van der Waals surface area (Å²) in [5.74, 6) is -1.72. The molecule has 156 valence electrons. The highest BCUT2D eigenvalue weighted by Gasteiger charge is 2.44. The SMILES string of the molecule is Cc1ccc(O)c(N2C(=O)C(O)=C(C(=O)CCc3ccccc3)C2c2ccncc2)c1. The number of hydrogen-bond donors (Lipinski definition) is 2. The van der Waals surface area contributed by atoms with Crippen molar-refractivity contribution < 1.29 is 19.8 Å². The molecule has 1 amide bonds. The molecule has 1 aliphatic heterocycles. The van der Waals surface area contributed by atoms with E-state index in [0.29, 0.717) is 12.0 Å². The largest absolute Gasteiger partial charge is 0.506 e. The van der Waals surface area contributed by atoms with Gasteiger partial charge in [-0.3, -0.25) is 19.5 Å². The fourth-order valence-corrected chi connectivity index (χ4v) is 3.86. The molecule has 0 spiro atoms. The Morgan fingerprint density at radius 2 is 1.74 bits per heavy atom. The van der Waals surface area contributed by atoms with E-state index in [2.05, 4.69) is 4.98 Å². The Morgan fingerprint density at radius 1 is 1.03 bits per heavy atom. The van der Waals surface area contributed by atoms with Gasteiger partial charge in [0.2, 0.25) is 0 Å². The number of phenols is 1. The summed E-state index contributed by atoms with van der Waals surface area (Å²) >= 11 is 0. The predicted octanol–water partition coefficient (Wildman–Crippen LogP) is 4.20. The van der Waals surface area contributed by atoms with E-state index in [1.165, 1.54) is 11.0 Å². The molecule has 0 aliphatic carbocycles. The van der Waals surface area contributed by atoms with Crippen LogP contribution >= 0.6 is 0 Å². The van der Waals surface area contributed by atoms with Gasteiger partial charge in [0.05, 0.1) is 17.3 Å². The highest BCUT2D eigenvalue weighted by atomic mass is 16.3. The van der Waals surface area contributed by atoms with Gasteiger partial charge < -0.3 is 10.2 Å². The van der Waals surface area contributed by atoms with Crippen LogP contribution in [0.5, 0.6) is 5.75 Å². The summed E-state index contributed by atoms with van der Waals surface area (Å²) in [6, 6.07) is 17.0. The van der Waals surface area contributed by atoms with Gasteiger partial charge >= 0.3 is 0 Å². The molecule has 1 unspecified atom stereocenters. The van der Waals surface area contributed by atoms with Crippen LogP contribution in [0.1, 0.15) is 29.2 Å². The van der Waals surface area contributed by atoms with E-state index in [-0.39, 0.29) is 29.2 Å². The number of hydrogen-bond acceptors (Lipinski definition) is 5. The van der Waals surface area contributed by atoms with Crippen LogP contribution in [-0.4, -0.2) is 26.9 Å². The second kappa shape index (κ2) is 8.44. The van der Waals surface area contributed by atoms with Crippen molar-refractivity contribution in [2.45, 2.75) is 25.8 Å². The molecule has 1 atom stereocenters. The van der Waals surface area contributed by atoms with Crippen LogP contribution in [-0.2, 0) is 16.0 Å². The topological polar surface area (TPSA) is 90.7 Å². The number of carbonyl (C=O) groups excluding carboxylic acids is 2. The molecule has 6 heteroatoms. The quantitative estimate of drug-likeness (QED) is 0.631. The van der Waals surface area contributed by atoms with Crippen molar-refractivity contribution in [1.82, 2.24) is 4.98 Å². The molecule has 2 N–H and O–H groups in total. The van der Waals surface area contributed by atoms with Gasteiger partial charge in [-0.25, -0.2) is 0 Å². The van der Waals surface area contributed by atoms with Gasteiger partial charge in [0, 0.05) is 18.8 Å². The average Bonchev–Trinajstić information content (AvgIpc) is 3.06. The minimum Gasteiger partial charge on any atom is -0.506 e. The number of aliphatic hydroxyl groups excluding tert-OH is 1. The molecule has 1 aromatic heterocycles. The number of nitrogens with zero attached hydrogens (tertiary/aromatic N) is 2. The van der Waals surface area contributed by atoms with E-state index in [9.17, 15) is 19.8 Å². The normalized spacial score (nSPS) is 16.1. The minimum absolute atomic E-state index is 0.0352. The summed E-state index contributed by atoms with van der Waals surface area (Å²) in [5.41, 5.74) is 2.72. The zero-order chi connectivity index (χ0) is 22.0. The van der Waals surface area contributed by atoms with Crippen molar-refractivity contribution in [2.24, 2.45) is 0 Å². The number of aliphatic hydroxyl groups is 1. The highest BCUT2D eigenvalue weighted by Crippen LogP contribution is 2.44. The van der Waals surface area contributed by atoms with Crippen LogP contribution in [0.15, 0.2) is 84.4 Å². The van der Waals surface area contributed by atoms with Crippen LogP contribution in [0.3, 0.4) is 0 Å². The van der Waals surface area contributed by atoms with E-state index >= 15 is 0 Å². The smallest absolute Gasteiger partial charge is 0.294 e. The molecule has 2 heterocycles. The second-order valence-corrected chi connectivity index (χ2v) is 7.52. The lowest BCUT2D eigenvalue weighted by Crippen LogP contribution is -2.31. The fraction of sp³-hybridized carbons (Fsp3) is 0.160. The monoisotopic (exact) mass is 414 g/mol. The number of benzene rings is 2. The predicted molar refractivity (Wildman–Crippen MR) is 117 cm³/mol. The van der Waals surface area contributed by atoms with Crippen molar-refractivity contribution in [3.63, 3.8) is 0 Å². The second-order valence-electron chi connectivity index (χ2n) is 7.52. The molecule has 0 fully saturated rings. The summed E-state index contributed by atoms with van der Waals surface area (Å²) in [7, 11) is 0. The van der Waals surface area contributed by atoms with Crippen molar-refractivity contribution in [2.75, 3.05) is 4.90 Å². The molecule has 6 nitrogen and oxygen atoms in total. The van der Waals surface area contributed by atoms with Gasteiger partial charge in [0.1, 0.15) is 5.75 Å². The number of aryl methyl sites for hydroxylation is 2. The van der Waals surface area contributed by atoms with Gasteiger partial charge in [0.15, 0.2) is 11.5 Å². The highest BCUT2D eigenvalue weighted by molar-refractivity contribution is 6.17. The number of rotatable bonds is 6. The molecule has 3 aromatic rings. The van der Waals surface area contributed by atoms with Gasteiger partial charge in [0.25, 0.3) is 5.91 Å². The number of pyridine rings is 1. The summed E-state index contributed by atoms with van der Waals surface area (Å²) in [6.07, 6.45) is 3.76. The minimum atomic E-state index is -0.855. The van der Waals surface area contributed by atoms with Gasteiger partial charge in [-0.2, -0.15) is 0 Å². The number of carbonyl (C=O) groups is 2. The lowest BCUT2D eigenvalue weighted by Gasteiger charge is -2.27. The number of phenolic OH excluding ortho intramolecular Hbond substituents is 1. The van der Waals surface area contributed by atoms with Crippen molar-refractivity contribution in [3.05, 3.63) is 101 Å². The first-order valence-electron chi connectivity index (χ1n) is 10.0. The Morgan fingerprint density at radius 3 is 2.45 bits per heavy atom. The first-order valence-corrected chi connectivity index (χ1v) is 10.0. The Balaban J connectivity index is 1.75. The first kappa shape index (κ1) is 20.3. The Hall–Kier alpha value is -3.93. The van der Waals surface area contributed by atoms with E-state index < -0.39 is 17.7 Å². The summed E-state index contributed by atoms with van der Waals surface area (Å²) in [4.78, 5) is 31.6. The Kier molecular flexibility index (Phi) is 5.54. The lowest BCUT2D eigenvalue weighted by atomic mass is 9.93. The van der Waals surface area contributed by atoms with Crippen molar-refractivity contribution in [3.8, 4) is 5.75 Å². The van der Waals surface area contributed by atoms with E-state index in [1.807, 2.05) is 37.3 Å². The van der Waals surface area contributed by atoms with Crippen LogP contribution in [0.4, 0.5) is 5.69 Å². The molecular formula is C25H22N2O4. The van der Waals surface area contributed by atoms with Crippen LogP contribution in [0.25, 0.3) is 0 Å². The zero-order valence-corrected chi connectivity index (χ0v) is 17.0. The first-order chi connectivity index (χ1) is 15.0. The van der Waals surface area contributed by atoms with Crippen LogP contribution in [0, 0.1) is 6.92 Å². The standard InChI is InChI=1S/C25H22N2O4/c1-16-7-9-20(28)19(15-16)27-23(18-11-13-26-14-12-18)22(24(30)25(27)31)21(29)10-8-17-5-3-2-4-6-17/h2-7,9,11-15,23,28,30H,8,10H2,1H3. The third-order valence-electron chi connectivity index (χ3n) is 5.40. The van der Waals surface area contributed by atoms with Gasteiger partial charge in [-0.15, -0.1) is 0 Å². The zero-order valence-electron chi connectivity index (χ0n) is 17.0. The molecule has 4 rings (SSSR count). The summed E-state index contributed by atoms with van der Waals surface area (Å²) in [6.45, 7) is 1.84. The third kappa shape index (κ3) is 3.92. The van der Waals surface area contributed by atoms with Crippen molar-refractivity contribution in [1.29, 1.82) is 0 Å². The molecule has 31 heavy (non-hydrogen) atoms. The molecule has 0 saturated carbocycles. The fourth-order valence-electron chi connectivity index (χ4n) is 3.86. The number of anilines is 1. The maximum absolute atomic E-state index is 13.2. The molecule has 2 aromatic carbocycles. The summed E-state index contributed by atoms with van der Waals surface area (Å²) in [5, 5.41) is 21.2. The van der Waals surface area contributed by atoms with Crippen LogP contribution in [0.2, 0.25) is 0 Å². The van der Waals surface area contributed by atoms with Gasteiger partial charge in [-0.1, -0.05) is 36.4 Å². The van der Waals surface area contributed by atoms with Gasteiger partial charge in [-0.05, 0) is 54.3 Å². The maximum Gasteiger partial charge on any atom is 0.294 e. The number of Topliss-reactive ketones (excluding diaryl/α,β-unsaturated/α-hetero) is 1. The average molecular weight is 414 g/mol. The third-order valence-corrected chi connectivity index (χ3v) is 5.40. The lowest BCUT2D eigenvalue weighted by molar-refractivity contribution is -0.118. The molecule has 0 radical (unpaired) electrons. The Bertz CT molecular complexity index is 1160. The summed E-state index contributed by atoms with van der Waals surface area (Å²) < 4.78 is 0. The van der Waals surface area contributed by atoms with E-state index in [0.717, 1.165) is 11.1 Å². The molecule has 1 aliphatic rings. The molecule has 0 bridgehead atoms. The Labute approximate surface area is 180 Å². The molecule has 0 saturated heterocycles. The number of ketones is 1. The number of amides is 1. The number of aromatic hydroxyl groups is 1. The maximum atomic E-state index is 13.2. The molecular weight excluding hydrogens is 392 g/mol. The van der Waals surface area contributed by atoms with Crippen molar-refractivity contribution >= 4 is 17.4 Å². The number of aromatic nitrogens is 1. The van der Waals surface area contributed by atoms with Crippen LogP contribution < -0.4 is 4.90 Å². The van der Waals surface area contributed by atoms with E-state index in [4.69, 9.17) is 0 Å². The van der Waals surface area contributed by atoms with E-state index in [1.54, 1.807) is 36.7 Å².